The molecule has 2 rings (SSSR count). The zero-order valence-corrected chi connectivity index (χ0v) is 10.2. The lowest BCUT2D eigenvalue weighted by atomic mass is 10.1. The summed E-state index contributed by atoms with van der Waals surface area (Å²) in [6.45, 7) is 0.199. The van der Waals surface area contributed by atoms with E-state index in [1.54, 1.807) is 25.2 Å². The highest BCUT2D eigenvalue weighted by Crippen LogP contribution is 2.25. The van der Waals surface area contributed by atoms with Gasteiger partial charge in [-0.25, -0.2) is 4.68 Å². The van der Waals surface area contributed by atoms with Gasteiger partial charge < -0.3 is 5.32 Å². The predicted octanol–water partition coefficient (Wildman–Crippen LogP) is 1.24. The van der Waals surface area contributed by atoms with Crippen LogP contribution >= 0.6 is 0 Å². The molecule has 0 spiro atoms. The zero-order valence-electron chi connectivity index (χ0n) is 10.2. The van der Waals surface area contributed by atoms with E-state index in [1.165, 1.54) is 23.0 Å². The van der Waals surface area contributed by atoms with E-state index in [0.29, 0.717) is 11.3 Å². The maximum Gasteiger partial charge on any atom is 0.292 e. The van der Waals surface area contributed by atoms with Crippen LogP contribution in [0.1, 0.15) is 5.56 Å². The van der Waals surface area contributed by atoms with Crippen molar-refractivity contribution in [3.8, 4) is 0 Å². The third-order valence-electron chi connectivity index (χ3n) is 2.65. The lowest BCUT2D eigenvalue weighted by Gasteiger charge is -2.06. The van der Waals surface area contributed by atoms with Gasteiger partial charge in [0.2, 0.25) is 0 Å². The number of benzene rings is 1. The minimum Gasteiger partial charge on any atom is -0.383 e. The fourth-order valence-electron chi connectivity index (χ4n) is 1.72. The quantitative estimate of drug-likeness (QED) is 0.659. The van der Waals surface area contributed by atoms with Crippen LogP contribution in [0.15, 0.2) is 41.3 Å². The highest BCUT2D eigenvalue weighted by molar-refractivity contribution is 5.62. The molecule has 1 aromatic heterocycles. The lowest BCUT2D eigenvalue weighted by molar-refractivity contribution is -0.384. The molecule has 19 heavy (non-hydrogen) atoms. The van der Waals surface area contributed by atoms with Gasteiger partial charge >= 0.3 is 0 Å². The number of anilines is 1. The number of nitro groups is 1. The van der Waals surface area contributed by atoms with Crippen LogP contribution in [0.4, 0.5) is 11.4 Å². The molecule has 0 radical (unpaired) electrons. The zero-order chi connectivity index (χ0) is 13.8. The summed E-state index contributed by atoms with van der Waals surface area (Å²) in [5, 5.41) is 17.6. The Balaban J connectivity index is 2.37. The molecule has 0 unspecified atom stereocenters. The van der Waals surface area contributed by atoms with E-state index >= 15 is 0 Å². The van der Waals surface area contributed by atoms with Gasteiger partial charge in [0.05, 0.1) is 11.5 Å². The summed E-state index contributed by atoms with van der Waals surface area (Å²) in [6, 6.07) is 7.71. The van der Waals surface area contributed by atoms with Gasteiger partial charge in [-0.3, -0.25) is 14.9 Å². The van der Waals surface area contributed by atoms with E-state index in [2.05, 4.69) is 10.4 Å². The van der Waals surface area contributed by atoms with Crippen LogP contribution in [-0.4, -0.2) is 21.8 Å². The molecule has 0 aliphatic rings. The van der Waals surface area contributed by atoms with Crippen LogP contribution in [0.2, 0.25) is 0 Å². The number of nitro benzene ring substituents is 1. The van der Waals surface area contributed by atoms with E-state index < -0.39 is 4.92 Å². The Bertz CT molecular complexity index is 666. The molecule has 0 aliphatic carbocycles. The van der Waals surface area contributed by atoms with Crippen molar-refractivity contribution in [2.24, 2.45) is 0 Å². The maximum atomic E-state index is 11.5. The molecule has 1 N–H and O–H groups in total. The van der Waals surface area contributed by atoms with Crippen molar-refractivity contribution < 1.29 is 4.92 Å². The van der Waals surface area contributed by atoms with Crippen molar-refractivity contribution in [1.82, 2.24) is 9.78 Å². The van der Waals surface area contributed by atoms with E-state index in [1.807, 2.05) is 0 Å². The van der Waals surface area contributed by atoms with Crippen molar-refractivity contribution in [3.63, 3.8) is 0 Å². The fraction of sp³-hybridized carbons (Fsp3) is 0.167. The number of hydrogen-bond acceptors (Lipinski definition) is 5. The molecular weight excluding hydrogens is 248 g/mol. The molecule has 98 valence electrons. The topological polar surface area (TPSA) is 90.1 Å². The van der Waals surface area contributed by atoms with Gasteiger partial charge in [0.1, 0.15) is 5.69 Å². The molecule has 0 aliphatic heterocycles. The van der Waals surface area contributed by atoms with Crippen LogP contribution in [0, 0.1) is 10.1 Å². The minimum atomic E-state index is -0.462. The standard InChI is InChI=1S/C12H12N4O3/c1-13-10-5-4-9(7-11(10)16(18)19)8-15-12(17)3-2-6-14-15/h2-7,13H,8H2,1H3. The normalized spacial score (nSPS) is 10.2. The maximum absolute atomic E-state index is 11.5. The highest BCUT2D eigenvalue weighted by Gasteiger charge is 2.13. The summed E-state index contributed by atoms with van der Waals surface area (Å²) in [4.78, 5) is 22.0. The molecule has 0 atom stereocenters. The molecule has 1 aromatic carbocycles. The Kier molecular flexibility index (Phi) is 3.56. The number of hydrogen-bond donors (Lipinski definition) is 1. The highest BCUT2D eigenvalue weighted by atomic mass is 16.6. The summed E-state index contributed by atoms with van der Waals surface area (Å²) >= 11 is 0. The number of aromatic nitrogens is 2. The Labute approximate surface area is 108 Å². The Morgan fingerprint density at radius 1 is 1.42 bits per heavy atom. The first kappa shape index (κ1) is 12.7. The summed E-state index contributed by atoms with van der Waals surface area (Å²) in [6.07, 6.45) is 1.50. The summed E-state index contributed by atoms with van der Waals surface area (Å²) in [7, 11) is 1.62. The van der Waals surface area contributed by atoms with Crippen LogP contribution in [0.5, 0.6) is 0 Å². The second-order valence-electron chi connectivity index (χ2n) is 3.88. The molecule has 0 fully saturated rings. The second-order valence-corrected chi connectivity index (χ2v) is 3.88. The molecule has 7 heteroatoms. The molecule has 7 nitrogen and oxygen atoms in total. The fourth-order valence-corrected chi connectivity index (χ4v) is 1.72. The minimum absolute atomic E-state index is 0.0241. The first-order valence-electron chi connectivity index (χ1n) is 5.59. The van der Waals surface area contributed by atoms with Gasteiger partial charge in [0, 0.05) is 25.4 Å². The average molecular weight is 260 g/mol. The Morgan fingerprint density at radius 3 is 2.84 bits per heavy atom. The van der Waals surface area contributed by atoms with Crippen molar-refractivity contribution in [1.29, 1.82) is 0 Å². The van der Waals surface area contributed by atoms with Crippen molar-refractivity contribution in [2.75, 3.05) is 12.4 Å². The van der Waals surface area contributed by atoms with Crippen molar-refractivity contribution >= 4 is 11.4 Å². The SMILES string of the molecule is CNc1ccc(Cn2ncccc2=O)cc1[N+](=O)[O-]. The van der Waals surface area contributed by atoms with E-state index in [0.717, 1.165) is 0 Å². The van der Waals surface area contributed by atoms with Crippen LogP contribution in [-0.2, 0) is 6.54 Å². The summed E-state index contributed by atoms with van der Waals surface area (Å²) < 4.78 is 1.25. The van der Waals surface area contributed by atoms with E-state index in [4.69, 9.17) is 0 Å². The third kappa shape index (κ3) is 2.76. The third-order valence-corrected chi connectivity index (χ3v) is 2.65. The molecule has 1 heterocycles. The van der Waals surface area contributed by atoms with Gasteiger partial charge in [-0.05, 0) is 17.7 Å². The second kappa shape index (κ2) is 5.30. The Morgan fingerprint density at radius 2 is 2.21 bits per heavy atom. The molecule has 0 bridgehead atoms. The average Bonchev–Trinajstić information content (AvgIpc) is 2.41. The van der Waals surface area contributed by atoms with Gasteiger partial charge in [0.15, 0.2) is 0 Å². The molecule has 0 amide bonds. The monoisotopic (exact) mass is 260 g/mol. The first-order chi connectivity index (χ1) is 9.11. The molecule has 0 saturated carbocycles. The van der Waals surface area contributed by atoms with E-state index in [-0.39, 0.29) is 17.8 Å². The molecule has 2 aromatic rings. The van der Waals surface area contributed by atoms with Gasteiger partial charge in [-0.15, -0.1) is 0 Å². The van der Waals surface area contributed by atoms with E-state index in [9.17, 15) is 14.9 Å². The lowest BCUT2D eigenvalue weighted by Crippen LogP contribution is -2.21. The molecular formula is C12H12N4O3. The Hall–Kier alpha value is -2.70. The van der Waals surface area contributed by atoms with Crippen molar-refractivity contribution in [3.05, 3.63) is 62.6 Å². The summed E-state index contributed by atoms with van der Waals surface area (Å²) in [5.41, 5.74) is 0.806. The predicted molar refractivity (Wildman–Crippen MR) is 70.2 cm³/mol. The smallest absolute Gasteiger partial charge is 0.292 e. The van der Waals surface area contributed by atoms with Crippen LogP contribution in [0.3, 0.4) is 0 Å². The number of nitrogens with one attached hydrogen (secondary N) is 1. The molecule has 0 saturated heterocycles. The van der Waals surface area contributed by atoms with Crippen LogP contribution in [0.25, 0.3) is 0 Å². The van der Waals surface area contributed by atoms with Gasteiger partial charge in [-0.1, -0.05) is 6.07 Å². The number of rotatable bonds is 4. The first-order valence-corrected chi connectivity index (χ1v) is 5.59. The van der Waals surface area contributed by atoms with Gasteiger partial charge in [0.25, 0.3) is 11.2 Å². The van der Waals surface area contributed by atoms with Crippen molar-refractivity contribution in [2.45, 2.75) is 6.54 Å². The van der Waals surface area contributed by atoms with Crippen LogP contribution < -0.4 is 10.9 Å². The number of nitrogens with zero attached hydrogens (tertiary/aromatic N) is 3. The summed E-state index contributed by atoms with van der Waals surface area (Å²) in [5.74, 6) is 0. The van der Waals surface area contributed by atoms with Gasteiger partial charge in [-0.2, -0.15) is 5.10 Å². The largest absolute Gasteiger partial charge is 0.383 e.